The van der Waals surface area contributed by atoms with E-state index in [4.69, 9.17) is 0 Å². The summed E-state index contributed by atoms with van der Waals surface area (Å²) in [6.07, 6.45) is 5.31. The van der Waals surface area contributed by atoms with E-state index in [1.54, 1.807) is 6.07 Å². The Morgan fingerprint density at radius 3 is 2.61 bits per heavy atom. The molecule has 0 saturated carbocycles. The average molecular weight is 246 g/mol. The van der Waals surface area contributed by atoms with E-state index in [2.05, 4.69) is 16.0 Å². The fourth-order valence-electron chi connectivity index (χ4n) is 2.78. The molecule has 1 saturated heterocycles. The molecule has 2 nitrogen and oxygen atoms in total. The van der Waals surface area contributed by atoms with Gasteiger partial charge in [-0.3, -0.25) is 4.90 Å². The van der Waals surface area contributed by atoms with Crippen LogP contribution in [0.1, 0.15) is 31.4 Å². The first-order valence-electron chi connectivity index (χ1n) is 6.81. The van der Waals surface area contributed by atoms with Crippen molar-refractivity contribution >= 4 is 10.9 Å². The lowest BCUT2D eigenvalue weighted by Crippen LogP contribution is -2.24. The average Bonchev–Trinajstić information content (AvgIpc) is 2.57. The Kier molecular flexibility index (Phi) is 3.33. The Labute approximate surface area is 107 Å². The molecule has 1 fully saturated rings. The number of nitrogens with one attached hydrogen (secondary N) is 1. The molecule has 0 unspecified atom stereocenters. The molecule has 1 aromatic carbocycles. The minimum atomic E-state index is -0.175. The van der Waals surface area contributed by atoms with Gasteiger partial charge in [-0.25, -0.2) is 4.39 Å². The van der Waals surface area contributed by atoms with Crippen LogP contribution in [0.25, 0.3) is 10.9 Å². The van der Waals surface area contributed by atoms with E-state index < -0.39 is 0 Å². The van der Waals surface area contributed by atoms with Gasteiger partial charge in [0.2, 0.25) is 0 Å². The molecule has 3 heteroatoms. The van der Waals surface area contributed by atoms with Crippen molar-refractivity contribution in [3.63, 3.8) is 0 Å². The fourth-order valence-corrected chi connectivity index (χ4v) is 2.78. The van der Waals surface area contributed by atoms with Crippen LogP contribution in [0.15, 0.2) is 24.3 Å². The molecule has 3 rings (SSSR count). The van der Waals surface area contributed by atoms with Crippen LogP contribution in [-0.4, -0.2) is 23.0 Å². The largest absolute Gasteiger partial charge is 0.357 e. The lowest BCUT2D eigenvalue weighted by Gasteiger charge is -2.18. The molecule has 1 aliphatic rings. The molecule has 1 aliphatic heterocycles. The van der Waals surface area contributed by atoms with Gasteiger partial charge in [0.1, 0.15) is 5.82 Å². The van der Waals surface area contributed by atoms with Gasteiger partial charge in [0.05, 0.1) is 0 Å². The second-order valence-corrected chi connectivity index (χ2v) is 5.22. The van der Waals surface area contributed by atoms with Crippen molar-refractivity contribution in [3.8, 4) is 0 Å². The monoisotopic (exact) mass is 246 g/mol. The summed E-state index contributed by atoms with van der Waals surface area (Å²) >= 11 is 0. The van der Waals surface area contributed by atoms with Gasteiger partial charge in [0.25, 0.3) is 0 Å². The molecule has 2 heterocycles. The first kappa shape index (κ1) is 11.7. The Bertz CT molecular complexity index is 524. The van der Waals surface area contributed by atoms with E-state index in [1.165, 1.54) is 50.5 Å². The molecule has 18 heavy (non-hydrogen) atoms. The summed E-state index contributed by atoms with van der Waals surface area (Å²) in [5, 5.41) is 1.10. The van der Waals surface area contributed by atoms with E-state index >= 15 is 0 Å². The second-order valence-electron chi connectivity index (χ2n) is 5.22. The van der Waals surface area contributed by atoms with Crippen LogP contribution in [0.3, 0.4) is 0 Å². The zero-order valence-corrected chi connectivity index (χ0v) is 10.6. The molecule has 0 aliphatic carbocycles. The molecular formula is C15H19FN2. The molecule has 0 bridgehead atoms. The van der Waals surface area contributed by atoms with Gasteiger partial charge in [0, 0.05) is 17.8 Å². The SMILES string of the molecule is Fc1ccc2cc(CN3CCCCCC3)[nH]c2c1. The van der Waals surface area contributed by atoms with Crippen molar-refractivity contribution in [2.45, 2.75) is 32.2 Å². The number of rotatable bonds is 2. The van der Waals surface area contributed by atoms with Crippen molar-refractivity contribution in [1.82, 2.24) is 9.88 Å². The summed E-state index contributed by atoms with van der Waals surface area (Å²) in [5.41, 5.74) is 2.09. The highest BCUT2D eigenvalue weighted by molar-refractivity contribution is 5.80. The van der Waals surface area contributed by atoms with Crippen LogP contribution in [0.5, 0.6) is 0 Å². The number of fused-ring (bicyclic) bond motifs is 1. The van der Waals surface area contributed by atoms with E-state index in [0.717, 1.165) is 17.4 Å². The van der Waals surface area contributed by atoms with Gasteiger partial charge >= 0.3 is 0 Å². The van der Waals surface area contributed by atoms with Gasteiger partial charge < -0.3 is 4.98 Å². The predicted octanol–water partition coefficient (Wildman–Crippen LogP) is 3.68. The maximum absolute atomic E-state index is 13.1. The number of aromatic nitrogens is 1. The Morgan fingerprint density at radius 2 is 1.83 bits per heavy atom. The van der Waals surface area contributed by atoms with Crippen LogP contribution >= 0.6 is 0 Å². The van der Waals surface area contributed by atoms with Crippen LogP contribution in [-0.2, 0) is 6.54 Å². The molecule has 0 radical (unpaired) electrons. The molecule has 96 valence electrons. The molecular weight excluding hydrogens is 227 g/mol. The van der Waals surface area contributed by atoms with Crippen molar-refractivity contribution in [1.29, 1.82) is 0 Å². The Morgan fingerprint density at radius 1 is 1.06 bits per heavy atom. The first-order chi connectivity index (χ1) is 8.81. The standard InChI is InChI=1S/C15H19FN2/c16-13-6-5-12-9-14(17-15(12)10-13)11-18-7-3-1-2-4-8-18/h5-6,9-10,17H,1-4,7-8,11H2. The summed E-state index contributed by atoms with van der Waals surface area (Å²) in [7, 11) is 0. The molecule has 0 spiro atoms. The van der Waals surface area contributed by atoms with Gasteiger partial charge in [-0.05, 0) is 55.6 Å². The maximum atomic E-state index is 13.1. The lowest BCUT2D eigenvalue weighted by molar-refractivity contribution is 0.274. The zero-order chi connectivity index (χ0) is 12.4. The predicted molar refractivity (Wildman–Crippen MR) is 72.0 cm³/mol. The summed E-state index contributed by atoms with van der Waals surface area (Å²) in [6, 6.07) is 7.07. The van der Waals surface area contributed by atoms with Gasteiger partial charge in [-0.2, -0.15) is 0 Å². The lowest BCUT2D eigenvalue weighted by atomic mass is 10.2. The van der Waals surface area contributed by atoms with Crippen molar-refractivity contribution < 1.29 is 4.39 Å². The highest BCUT2D eigenvalue weighted by Gasteiger charge is 2.10. The Balaban J connectivity index is 1.77. The molecule has 1 aromatic heterocycles. The number of H-pyrrole nitrogens is 1. The first-order valence-corrected chi connectivity index (χ1v) is 6.81. The highest BCUT2D eigenvalue weighted by Crippen LogP contribution is 2.19. The summed E-state index contributed by atoms with van der Waals surface area (Å²) in [4.78, 5) is 5.82. The normalized spacial score (nSPS) is 18.1. The number of benzene rings is 1. The quantitative estimate of drug-likeness (QED) is 0.856. The third-order valence-corrected chi connectivity index (χ3v) is 3.73. The number of nitrogens with zero attached hydrogens (tertiary/aromatic N) is 1. The zero-order valence-electron chi connectivity index (χ0n) is 10.6. The topological polar surface area (TPSA) is 19.0 Å². The number of hydrogen-bond donors (Lipinski definition) is 1. The third kappa shape index (κ3) is 2.56. The Hall–Kier alpha value is -1.35. The summed E-state index contributed by atoms with van der Waals surface area (Å²) in [5.74, 6) is -0.175. The van der Waals surface area contributed by atoms with E-state index in [0.29, 0.717) is 0 Å². The van der Waals surface area contributed by atoms with Crippen LogP contribution < -0.4 is 0 Å². The van der Waals surface area contributed by atoms with Crippen LogP contribution in [0, 0.1) is 5.82 Å². The summed E-state index contributed by atoms with van der Waals surface area (Å²) < 4.78 is 13.1. The number of hydrogen-bond acceptors (Lipinski definition) is 1. The van der Waals surface area contributed by atoms with Crippen molar-refractivity contribution in [3.05, 3.63) is 35.8 Å². The smallest absolute Gasteiger partial charge is 0.125 e. The fraction of sp³-hybridized carbons (Fsp3) is 0.467. The number of likely N-dealkylation sites (tertiary alicyclic amines) is 1. The van der Waals surface area contributed by atoms with E-state index in [9.17, 15) is 4.39 Å². The minimum Gasteiger partial charge on any atom is -0.357 e. The molecule has 0 atom stereocenters. The number of aromatic amines is 1. The number of halogens is 1. The minimum absolute atomic E-state index is 0.175. The third-order valence-electron chi connectivity index (χ3n) is 3.73. The van der Waals surface area contributed by atoms with Crippen molar-refractivity contribution in [2.75, 3.05) is 13.1 Å². The van der Waals surface area contributed by atoms with E-state index in [1.807, 2.05) is 6.07 Å². The van der Waals surface area contributed by atoms with Crippen molar-refractivity contribution in [2.24, 2.45) is 0 Å². The molecule has 1 N–H and O–H groups in total. The maximum Gasteiger partial charge on any atom is 0.125 e. The highest BCUT2D eigenvalue weighted by atomic mass is 19.1. The van der Waals surface area contributed by atoms with Crippen LogP contribution in [0.2, 0.25) is 0 Å². The summed E-state index contributed by atoms with van der Waals surface area (Å²) in [6.45, 7) is 3.32. The van der Waals surface area contributed by atoms with Gasteiger partial charge in [0.15, 0.2) is 0 Å². The second kappa shape index (κ2) is 5.11. The molecule has 0 amide bonds. The molecule has 2 aromatic rings. The van der Waals surface area contributed by atoms with E-state index in [-0.39, 0.29) is 5.82 Å². The van der Waals surface area contributed by atoms with Gasteiger partial charge in [-0.1, -0.05) is 12.8 Å². The van der Waals surface area contributed by atoms with Crippen LogP contribution in [0.4, 0.5) is 4.39 Å². The van der Waals surface area contributed by atoms with Gasteiger partial charge in [-0.15, -0.1) is 0 Å².